The van der Waals surface area contributed by atoms with Gasteiger partial charge in [-0.2, -0.15) is 0 Å². The molecular weight excluding hydrogens is 308 g/mol. The molecule has 8 heteroatoms. The minimum Gasteiger partial charge on any atom is -0.871 e. The molecule has 0 aliphatic heterocycles. The molecule has 0 bridgehead atoms. The number of hydrogen-bond donors (Lipinski definition) is 1. The third kappa shape index (κ3) is 4.06. The van der Waals surface area contributed by atoms with Gasteiger partial charge in [0.1, 0.15) is 0 Å². The molecule has 2 aromatic carbocycles. The maximum Gasteiger partial charge on any atom is 0.271 e. The quantitative estimate of drug-likeness (QED) is 0.669. The Balaban J connectivity index is 2.24. The lowest BCUT2D eigenvalue weighted by molar-refractivity contribution is -0.385. The Hall–Kier alpha value is -2.87. The average molecular weight is 319 g/mol. The molecule has 0 saturated heterocycles. The van der Waals surface area contributed by atoms with Crippen LogP contribution in [-0.2, 0) is 10.0 Å². The molecule has 0 amide bonds. The van der Waals surface area contributed by atoms with Gasteiger partial charge in [-0.3, -0.25) is 14.8 Å². The average Bonchev–Trinajstić information content (AvgIpc) is 2.48. The van der Waals surface area contributed by atoms with E-state index in [0.29, 0.717) is 5.56 Å². The van der Waals surface area contributed by atoms with Crippen LogP contribution in [0.5, 0.6) is 5.75 Å². The van der Waals surface area contributed by atoms with Crippen LogP contribution in [0.25, 0.3) is 6.08 Å². The fourth-order valence-corrected chi connectivity index (χ4v) is 2.50. The van der Waals surface area contributed by atoms with E-state index in [9.17, 15) is 23.6 Å². The fourth-order valence-electron chi connectivity index (χ4n) is 1.63. The molecule has 0 unspecified atom stereocenters. The highest BCUT2D eigenvalue weighted by Gasteiger charge is 2.11. The van der Waals surface area contributed by atoms with E-state index in [4.69, 9.17) is 0 Å². The van der Waals surface area contributed by atoms with Gasteiger partial charge in [-0.1, -0.05) is 42.1 Å². The van der Waals surface area contributed by atoms with E-state index in [1.165, 1.54) is 6.08 Å². The molecule has 0 radical (unpaired) electrons. The molecule has 22 heavy (non-hydrogen) atoms. The Morgan fingerprint density at radius 3 is 2.41 bits per heavy atom. The number of benzene rings is 2. The Labute approximate surface area is 126 Å². The van der Waals surface area contributed by atoms with Crippen LogP contribution in [0.4, 0.5) is 11.4 Å². The number of nitrogens with zero attached hydrogens (tertiary/aromatic N) is 1. The second kappa shape index (κ2) is 6.27. The number of sulfonamides is 1. The van der Waals surface area contributed by atoms with Gasteiger partial charge in [-0.05, 0) is 11.6 Å². The van der Waals surface area contributed by atoms with Gasteiger partial charge < -0.3 is 5.11 Å². The van der Waals surface area contributed by atoms with Crippen molar-refractivity contribution in [3.8, 4) is 5.75 Å². The van der Waals surface area contributed by atoms with Gasteiger partial charge in [-0.25, -0.2) is 8.42 Å². The summed E-state index contributed by atoms with van der Waals surface area (Å²) in [6.07, 6.45) is 1.35. The van der Waals surface area contributed by atoms with E-state index in [1.807, 2.05) is 4.72 Å². The third-order valence-corrected chi connectivity index (χ3v) is 3.66. The monoisotopic (exact) mass is 319 g/mol. The van der Waals surface area contributed by atoms with Gasteiger partial charge in [-0.15, -0.1) is 0 Å². The summed E-state index contributed by atoms with van der Waals surface area (Å²) in [5.74, 6) is -0.651. The largest absolute Gasteiger partial charge is 0.871 e. The van der Waals surface area contributed by atoms with Crippen molar-refractivity contribution in [2.45, 2.75) is 0 Å². The zero-order chi connectivity index (χ0) is 16.2. The van der Waals surface area contributed by atoms with Gasteiger partial charge in [0.25, 0.3) is 15.7 Å². The van der Waals surface area contributed by atoms with Crippen molar-refractivity contribution >= 4 is 27.5 Å². The first-order valence-corrected chi connectivity index (χ1v) is 7.63. The minimum atomic E-state index is -3.95. The first kappa shape index (κ1) is 15.5. The number of hydrogen-bond acceptors (Lipinski definition) is 5. The van der Waals surface area contributed by atoms with Gasteiger partial charge in [0.05, 0.1) is 10.3 Å². The van der Waals surface area contributed by atoms with E-state index in [2.05, 4.69) is 0 Å². The molecule has 0 aromatic heterocycles. The molecule has 0 atom stereocenters. The Bertz CT molecular complexity index is 816. The van der Waals surface area contributed by atoms with Crippen LogP contribution >= 0.6 is 0 Å². The fraction of sp³-hybridized carbons (Fsp3) is 0. The van der Waals surface area contributed by atoms with Crippen molar-refractivity contribution in [3.63, 3.8) is 0 Å². The number of rotatable bonds is 5. The lowest BCUT2D eigenvalue weighted by atomic mass is 10.2. The number of nitro groups is 1. The van der Waals surface area contributed by atoms with Crippen LogP contribution in [0.2, 0.25) is 0 Å². The van der Waals surface area contributed by atoms with E-state index >= 15 is 0 Å². The summed E-state index contributed by atoms with van der Waals surface area (Å²) < 4.78 is 25.8. The molecule has 7 nitrogen and oxygen atoms in total. The molecule has 0 spiro atoms. The normalized spacial score (nSPS) is 11.5. The van der Waals surface area contributed by atoms with Crippen LogP contribution in [0.3, 0.4) is 0 Å². The summed E-state index contributed by atoms with van der Waals surface area (Å²) in [7, 11) is -3.95. The van der Waals surface area contributed by atoms with Crippen LogP contribution in [0, 0.1) is 10.1 Å². The van der Waals surface area contributed by atoms with Gasteiger partial charge in [0.2, 0.25) is 0 Å². The maximum atomic E-state index is 11.9. The third-order valence-electron chi connectivity index (χ3n) is 2.67. The smallest absolute Gasteiger partial charge is 0.271 e. The molecule has 0 aliphatic carbocycles. The van der Waals surface area contributed by atoms with Crippen molar-refractivity contribution in [1.29, 1.82) is 0 Å². The topological polar surface area (TPSA) is 112 Å². The number of anilines is 1. The first-order valence-electron chi connectivity index (χ1n) is 6.09. The molecule has 2 aromatic rings. The summed E-state index contributed by atoms with van der Waals surface area (Å²) in [5, 5.41) is 23.1. The van der Waals surface area contributed by atoms with E-state index < -0.39 is 20.7 Å². The highest BCUT2D eigenvalue weighted by molar-refractivity contribution is 7.95. The predicted molar refractivity (Wildman–Crippen MR) is 80.6 cm³/mol. The maximum absolute atomic E-state index is 11.9. The Morgan fingerprint density at radius 2 is 1.77 bits per heavy atom. The molecular formula is C14H11N2O5S-. The summed E-state index contributed by atoms with van der Waals surface area (Å²) in [5.41, 5.74) is -0.0782. The summed E-state index contributed by atoms with van der Waals surface area (Å²) in [6.45, 7) is 0. The zero-order valence-corrected chi connectivity index (χ0v) is 12.0. The molecule has 0 fully saturated rings. The van der Waals surface area contributed by atoms with Crippen molar-refractivity contribution in [2.24, 2.45) is 0 Å². The molecule has 114 valence electrons. The van der Waals surface area contributed by atoms with E-state index in [-0.39, 0.29) is 11.4 Å². The molecule has 2 rings (SSSR count). The van der Waals surface area contributed by atoms with Crippen molar-refractivity contribution in [2.75, 3.05) is 4.72 Å². The molecule has 0 aliphatic rings. The second-order valence-corrected chi connectivity index (χ2v) is 5.86. The van der Waals surface area contributed by atoms with Crippen LogP contribution in [-0.4, -0.2) is 13.3 Å². The van der Waals surface area contributed by atoms with Gasteiger partial charge in [0.15, 0.2) is 0 Å². The van der Waals surface area contributed by atoms with Crippen LogP contribution in [0.15, 0.2) is 53.9 Å². The van der Waals surface area contributed by atoms with Crippen molar-refractivity contribution in [3.05, 3.63) is 69.6 Å². The van der Waals surface area contributed by atoms with Crippen molar-refractivity contribution < 1.29 is 18.4 Å². The zero-order valence-electron chi connectivity index (χ0n) is 11.2. The Morgan fingerprint density at radius 1 is 1.09 bits per heavy atom. The van der Waals surface area contributed by atoms with Crippen LogP contribution < -0.4 is 9.83 Å². The minimum absolute atomic E-state index is 0.369. The SMILES string of the molecule is O=[N+]([O-])c1ccc([O-])c(NS(=O)(=O)/C=C/c2ccccc2)c1. The highest BCUT2D eigenvalue weighted by Crippen LogP contribution is 2.26. The number of nitro benzene ring substituents is 1. The summed E-state index contributed by atoms with van der Waals surface area (Å²) in [4.78, 5) is 9.94. The summed E-state index contributed by atoms with van der Waals surface area (Å²) >= 11 is 0. The van der Waals surface area contributed by atoms with Gasteiger partial charge >= 0.3 is 0 Å². The van der Waals surface area contributed by atoms with E-state index in [0.717, 1.165) is 23.6 Å². The second-order valence-electron chi connectivity index (χ2n) is 4.30. The number of non-ortho nitro benzene ring substituents is 1. The van der Waals surface area contributed by atoms with Crippen molar-refractivity contribution in [1.82, 2.24) is 0 Å². The molecule has 0 heterocycles. The Kier molecular flexibility index (Phi) is 4.42. The molecule has 1 N–H and O–H groups in total. The standard InChI is InChI=1S/C14H12N2O5S/c17-14-7-6-12(16(18)19)10-13(14)15-22(20,21)9-8-11-4-2-1-3-5-11/h1-10,15,17H/p-1/b9-8+. The summed E-state index contributed by atoms with van der Waals surface area (Å²) in [6, 6.07) is 11.5. The first-order chi connectivity index (χ1) is 10.4. The predicted octanol–water partition coefficient (Wildman–Crippen LogP) is 2.08. The lowest BCUT2D eigenvalue weighted by Crippen LogP contribution is -2.11. The van der Waals surface area contributed by atoms with Crippen LogP contribution in [0.1, 0.15) is 5.56 Å². The van der Waals surface area contributed by atoms with Gasteiger partial charge in [0, 0.05) is 17.8 Å². The highest BCUT2D eigenvalue weighted by atomic mass is 32.2. The molecule has 0 saturated carbocycles. The van der Waals surface area contributed by atoms with E-state index in [1.54, 1.807) is 30.3 Å². The lowest BCUT2D eigenvalue weighted by Gasteiger charge is -2.13. The number of nitrogens with one attached hydrogen (secondary N) is 1.